The van der Waals surface area contributed by atoms with Gasteiger partial charge in [0.15, 0.2) is 4.77 Å². The zero-order chi connectivity index (χ0) is 14.0. The number of aromatic amines is 2. The van der Waals surface area contributed by atoms with Crippen molar-refractivity contribution in [3.63, 3.8) is 0 Å². The molecule has 2 rings (SSSR count). The van der Waals surface area contributed by atoms with E-state index in [1.807, 2.05) is 6.92 Å². The maximum Gasteiger partial charge on any atom is 0.255 e. The van der Waals surface area contributed by atoms with Gasteiger partial charge in [0.25, 0.3) is 5.56 Å². The van der Waals surface area contributed by atoms with Gasteiger partial charge in [0.2, 0.25) is 0 Å². The van der Waals surface area contributed by atoms with Crippen LogP contribution in [0.3, 0.4) is 0 Å². The standard InChI is InChI=1S/C13H13ClN2O2S/c1-2-10-8(12(18)16-13(19)15-10)5-7-3-4-11(17)9(14)6-7/h3-4,6,17H,2,5H2,1H3,(H2,15,16,18,19). The van der Waals surface area contributed by atoms with Crippen LogP contribution in [-0.2, 0) is 12.8 Å². The third-order valence-corrected chi connectivity index (χ3v) is 3.38. The SMILES string of the molecule is CCc1[nH]c(=S)[nH]c(=O)c1Cc1ccc(O)c(Cl)c1. The number of aromatic hydroxyl groups is 1. The zero-order valence-corrected chi connectivity index (χ0v) is 11.9. The second-order valence-corrected chi connectivity index (χ2v) is 5.00. The summed E-state index contributed by atoms with van der Waals surface area (Å²) in [5, 5.41) is 9.66. The summed E-state index contributed by atoms with van der Waals surface area (Å²) in [6.07, 6.45) is 1.12. The van der Waals surface area contributed by atoms with E-state index in [4.69, 9.17) is 23.8 Å². The summed E-state index contributed by atoms with van der Waals surface area (Å²) in [5.74, 6) is 0.0301. The minimum absolute atomic E-state index is 0.0301. The number of benzene rings is 1. The maximum absolute atomic E-state index is 12.0. The minimum Gasteiger partial charge on any atom is -0.506 e. The van der Waals surface area contributed by atoms with Crippen molar-refractivity contribution in [2.45, 2.75) is 19.8 Å². The minimum atomic E-state index is -0.190. The lowest BCUT2D eigenvalue weighted by Crippen LogP contribution is -2.18. The lowest BCUT2D eigenvalue weighted by atomic mass is 10.0. The number of aryl methyl sites for hydroxylation is 1. The number of H-pyrrole nitrogens is 2. The lowest BCUT2D eigenvalue weighted by Gasteiger charge is -2.07. The number of phenols is 1. The highest BCUT2D eigenvalue weighted by Crippen LogP contribution is 2.24. The van der Waals surface area contributed by atoms with E-state index in [2.05, 4.69) is 9.97 Å². The molecule has 0 amide bonds. The molecule has 0 saturated heterocycles. The molecule has 1 heterocycles. The average molecular weight is 297 g/mol. The number of hydrogen-bond acceptors (Lipinski definition) is 3. The van der Waals surface area contributed by atoms with E-state index in [1.54, 1.807) is 12.1 Å². The van der Waals surface area contributed by atoms with Crippen LogP contribution < -0.4 is 5.56 Å². The van der Waals surface area contributed by atoms with E-state index >= 15 is 0 Å². The van der Waals surface area contributed by atoms with Crippen molar-refractivity contribution >= 4 is 23.8 Å². The summed E-state index contributed by atoms with van der Waals surface area (Å²) in [5.41, 5.74) is 2.12. The van der Waals surface area contributed by atoms with E-state index in [0.717, 1.165) is 11.3 Å². The molecule has 0 spiro atoms. The van der Waals surface area contributed by atoms with Crippen molar-refractivity contribution in [3.8, 4) is 5.75 Å². The highest BCUT2D eigenvalue weighted by atomic mass is 35.5. The van der Waals surface area contributed by atoms with Crippen LogP contribution in [0.5, 0.6) is 5.75 Å². The molecule has 0 unspecified atom stereocenters. The molecule has 0 aliphatic heterocycles. The Bertz CT molecular complexity index is 721. The van der Waals surface area contributed by atoms with E-state index in [0.29, 0.717) is 23.2 Å². The molecule has 2 aromatic rings. The Morgan fingerprint density at radius 2 is 2.11 bits per heavy atom. The lowest BCUT2D eigenvalue weighted by molar-refractivity contribution is 0.475. The van der Waals surface area contributed by atoms with Crippen molar-refractivity contribution in [2.75, 3.05) is 0 Å². The number of aromatic nitrogens is 2. The molecule has 0 aliphatic carbocycles. The highest BCUT2D eigenvalue weighted by molar-refractivity contribution is 7.71. The Balaban J connectivity index is 2.46. The predicted molar refractivity (Wildman–Crippen MR) is 77.5 cm³/mol. The quantitative estimate of drug-likeness (QED) is 0.763. The molecular formula is C13H13ClN2O2S. The Labute approximate surface area is 120 Å². The molecule has 3 N–H and O–H groups in total. The van der Waals surface area contributed by atoms with Gasteiger partial charge in [-0.1, -0.05) is 24.6 Å². The van der Waals surface area contributed by atoms with Crippen LogP contribution in [0.4, 0.5) is 0 Å². The summed E-state index contributed by atoms with van der Waals surface area (Å²) < 4.78 is 0.328. The molecule has 0 aliphatic rings. The Morgan fingerprint density at radius 1 is 1.37 bits per heavy atom. The van der Waals surface area contributed by atoms with Crippen LogP contribution in [0.25, 0.3) is 0 Å². The van der Waals surface area contributed by atoms with Crippen molar-refractivity contribution in [3.05, 3.63) is 55.2 Å². The number of nitrogens with one attached hydrogen (secondary N) is 2. The fraction of sp³-hybridized carbons (Fsp3) is 0.231. The van der Waals surface area contributed by atoms with Gasteiger partial charge in [-0.3, -0.25) is 9.78 Å². The van der Waals surface area contributed by atoms with Gasteiger partial charge >= 0.3 is 0 Å². The highest BCUT2D eigenvalue weighted by Gasteiger charge is 2.09. The molecule has 1 aromatic heterocycles. The van der Waals surface area contributed by atoms with Gasteiger partial charge in [-0.05, 0) is 36.3 Å². The van der Waals surface area contributed by atoms with Gasteiger partial charge in [-0.15, -0.1) is 0 Å². The first-order valence-corrected chi connectivity index (χ1v) is 6.61. The molecule has 4 nitrogen and oxygen atoms in total. The molecule has 0 fully saturated rings. The van der Waals surface area contributed by atoms with Gasteiger partial charge in [0, 0.05) is 17.7 Å². The van der Waals surface area contributed by atoms with Crippen molar-refractivity contribution in [1.29, 1.82) is 0 Å². The van der Waals surface area contributed by atoms with Crippen LogP contribution >= 0.6 is 23.8 Å². The third kappa shape index (κ3) is 3.05. The Hall–Kier alpha value is -1.59. The second kappa shape index (κ2) is 5.59. The molecule has 0 atom stereocenters. The summed E-state index contributed by atoms with van der Waals surface area (Å²) in [6.45, 7) is 1.95. The fourth-order valence-electron chi connectivity index (χ4n) is 1.91. The first kappa shape index (κ1) is 13.8. The monoisotopic (exact) mass is 296 g/mol. The topological polar surface area (TPSA) is 68.9 Å². The maximum atomic E-state index is 12.0. The summed E-state index contributed by atoms with van der Waals surface area (Å²) in [7, 11) is 0. The largest absolute Gasteiger partial charge is 0.506 e. The van der Waals surface area contributed by atoms with Crippen LogP contribution in [0, 0.1) is 4.77 Å². The number of rotatable bonds is 3. The molecular weight excluding hydrogens is 284 g/mol. The normalized spacial score (nSPS) is 10.6. The van der Waals surface area contributed by atoms with Crippen LogP contribution in [0.1, 0.15) is 23.7 Å². The number of hydrogen-bond donors (Lipinski definition) is 3. The van der Waals surface area contributed by atoms with E-state index in [-0.39, 0.29) is 16.3 Å². The Kier molecular flexibility index (Phi) is 4.07. The predicted octanol–water partition coefficient (Wildman–Crippen LogP) is 2.94. The van der Waals surface area contributed by atoms with Crippen molar-refractivity contribution < 1.29 is 5.11 Å². The average Bonchev–Trinajstić information content (AvgIpc) is 2.36. The molecule has 6 heteroatoms. The van der Waals surface area contributed by atoms with Gasteiger partial charge in [-0.25, -0.2) is 0 Å². The van der Waals surface area contributed by atoms with Crippen LogP contribution in [0.2, 0.25) is 5.02 Å². The van der Waals surface area contributed by atoms with Gasteiger partial charge in [0.1, 0.15) is 5.75 Å². The van der Waals surface area contributed by atoms with Gasteiger partial charge in [-0.2, -0.15) is 0 Å². The molecule has 0 radical (unpaired) electrons. The second-order valence-electron chi connectivity index (χ2n) is 4.18. The third-order valence-electron chi connectivity index (χ3n) is 2.88. The van der Waals surface area contributed by atoms with Gasteiger partial charge in [0.05, 0.1) is 5.02 Å². The Morgan fingerprint density at radius 3 is 2.74 bits per heavy atom. The molecule has 0 bridgehead atoms. The smallest absolute Gasteiger partial charge is 0.255 e. The number of phenolic OH excluding ortho intramolecular Hbond substituents is 1. The molecule has 19 heavy (non-hydrogen) atoms. The summed E-state index contributed by atoms with van der Waals surface area (Å²) in [4.78, 5) is 17.5. The first-order chi connectivity index (χ1) is 9.01. The zero-order valence-electron chi connectivity index (χ0n) is 10.3. The number of halogens is 1. The summed E-state index contributed by atoms with van der Waals surface area (Å²) >= 11 is 10.8. The van der Waals surface area contributed by atoms with E-state index < -0.39 is 0 Å². The van der Waals surface area contributed by atoms with E-state index in [1.165, 1.54) is 6.07 Å². The van der Waals surface area contributed by atoms with E-state index in [9.17, 15) is 9.90 Å². The summed E-state index contributed by atoms with van der Waals surface area (Å²) in [6, 6.07) is 4.90. The van der Waals surface area contributed by atoms with Crippen molar-refractivity contribution in [1.82, 2.24) is 9.97 Å². The molecule has 0 saturated carbocycles. The van der Waals surface area contributed by atoms with Crippen molar-refractivity contribution in [2.24, 2.45) is 0 Å². The molecule has 100 valence electrons. The van der Waals surface area contributed by atoms with Crippen LogP contribution in [-0.4, -0.2) is 15.1 Å². The first-order valence-electron chi connectivity index (χ1n) is 5.83. The van der Waals surface area contributed by atoms with Crippen LogP contribution in [0.15, 0.2) is 23.0 Å². The fourth-order valence-corrected chi connectivity index (χ4v) is 2.33. The molecule has 1 aromatic carbocycles. The van der Waals surface area contributed by atoms with Gasteiger partial charge < -0.3 is 10.1 Å².